The first-order chi connectivity index (χ1) is 10.2. The molecule has 1 aromatic heterocycles. The molecule has 0 aliphatic rings. The van der Waals surface area contributed by atoms with Crippen LogP contribution in [0.15, 0.2) is 36.4 Å². The van der Waals surface area contributed by atoms with E-state index >= 15 is 0 Å². The maximum absolute atomic E-state index is 5.59. The molecule has 0 atom stereocenters. The second-order valence-corrected chi connectivity index (χ2v) is 4.76. The quantitative estimate of drug-likeness (QED) is 0.462. The van der Waals surface area contributed by atoms with Crippen molar-refractivity contribution in [1.82, 2.24) is 9.97 Å². The molecule has 21 heavy (non-hydrogen) atoms. The van der Waals surface area contributed by atoms with Gasteiger partial charge in [0, 0.05) is 12.0 Å². The minimum absolute atomic E-state index is 0.196. The van der Waals surface area contributed by atoms with Gasteiger partial charge in [-0.1, -0.05) is 32.0 Å². The summed E-state index contributed by atoms with van der Waals surface area (Å²) in [6, 6.07) is 11.3. The van der Waals surface area contributed by atoms with E-state index in [1.807, 2.05) is 44.2 Å². The minimum Gasteiger partial charge on any atom is -0.490 e. The Morgan fingerprint density at radius 1 is 1.10 bits per heavy atom. The van der Waals surface area contributed by atoms with E-state index < -0.39 is 0 Å². The number of anilines is 1. The first-order valence-corrected chi connectivity index (χ1v) is 6.85. The van der Waals surface area contributed by atoms with E-state index in [0.717, 1.165) is 5.75 Å². The average molecular weight is 288 g/mol. The molecule has 3 N–H and O–H groups in total. The summed E-state index contributed by atoms with van der Waals surface area (Å²) in [5, 5.41) is 0. The van der Waals surface area contributed by atoms with Crippen molar-refractivity contribution < 1.29 is 9.47 Å². The van der Waals surface area contributed by atoms with Crippen molar-refractivity contribution in [3.05, 3.63) is 42.2 Å². The summed E-state index contributed by atoms with van der Waals surface area (Å²) in [5.41, 5.74) is 2.52. The number of aromatic nitrogens is 2. The second kappa shape index (κ2) is 7.44. The van der Waals surface area contributed by atoms with Crippen LogP contribution in [0, 0.1) is 0 Å². The number of nitrogen functional groups attached to an aromatic ring is 1. The normalized spacial score (nSPS) is 10.5. The molecular formula is C15H20N4O2. The van der Waals surface area contributed by atoms with E-state index in [0.29, 0.717) is 30.7 Å². The van der Waals surface area contributed by atoms with Crippen LogP contribution in [0.4, 0.5) is 5.82 Å². The molecule has 6 nitrogen and oxygen atoms in total. The number of hydrogen-bond donors (Lipinski definition) is 2. The lowest BCUT2D eigenvalue weighted by atomic mass is 10.2. The molecule has 1 aromatic carbocycles. The van der Waals surface area contributed by atoms with E-state index in [1.165, 1.54) is 0 Å². The minimum atomic E-state index is 0.196. The number of benzene rings is 1. The van der Waals surface area contributed by atoms with E-state index in [1.54, 1.807) is 6.07 Å². The Hall–Kier alpha value is -2.34. The number of hydrogen-bond acceptors (Lipinski definition) is 6. The third-order valence-corrected chi connectivity index (χ3v) is 2.73. The summed E-state index contributed by atoms with van der Waals surface area (Å²) < 4.78 is 11.1. The molecule has 1 heterocycles. The third-order valence-electron chi connectivity index (χ3n) is 2.73. The van der Waals surface area contributed by atoms with Gasteiger partial charge in [-0.25, -0.2) is 10.8 Å². The highest BCUT2D eigenvalue weighted by Crippen LogP contribution is 2.18. The molecule has 2 aromatic rings. The van der Waals surface area contributed by atoms with Crippen LogP contribution in [0.25, 0.3) is 0 Å². The highest BCUT2D eigenvalue weighted by atomic mass is 16.5. The largest absolute Gasteiger partial charge is 0.490 e. The summed E-state index contributed by atoms with van der Waals surface area (Å²) in [6.07, 6.45) is 0. The van der Waals surface area contributed by atoms with Crippen molar-refractivity contribution in [2.45, 2.75) is 19.8 Å². The van der Waals surface area contributed by atoms with Gasteiger partial charge < -0.3 is 14.9 Å². The lowest BCUT2D eigenvalue weighted by Gasteiger charge is -2.11. The molecule has 0 aliphatic carbocycles. The van der Waals surface area contributed by atoms with Crippen LogP contribution in [0.5, 0.6) is 11.6 Å². The Labute approximate surface area is 124 Å². The van der Waals surface area contributed by atoms with Crippen molar-refractivity contribution in [3.8, 4) is 11.6 Å². The van der Waals surface area contributed by atoms with Crippen LogP contribution >= 0.6 is 0 Å². The molecule has 0 bridgehead atoms. The number of para-hydroxylation sites is 1. The van der Waals surface area contributed by atoms with Crippen molar-refractivity contribution in [2.75, 3.05) is 18.6 Å². The zero-order valence-corrected chi connectivity index (χ0v) is 12.2. The predicted octanol–water partition coefficient (Wildman–Crippen LogP) is 2.34. The Morgan fingerprint density at radius 3 is 2.48 bits per heavy atom. The molecule has 0 unspecified atom stereocenters. The average Bonchev–Trinajstić information content (AvgIpc) is 2.52. The molecule has 6 heteroatoms. The van der Waals surface area contributed by atoms with Gasteiger partial charge in [-0.15, -0.1) is 0 Å². The molecule has 0 radical (unpaired) electrons. The summed E-state index contributed by atoms with van der Waals surface area (Å²) in [7, 11) is 0. The molecule has 0 aliphatic heterocycles. The Kier molecular flexibility index (Phi) is 5.34. The first-order valence-electron chi connectivity index (χ1n) is 6.85. The highest BCUT2D eigenvalue weighted by molar-refractivity contribution is 5.37. The second-order valence-electron chi connectivity index (χ2n) is 4.76. The van der Waals surface area contributed by atoms with Crippen LogP contribution < -0.4 is 20.7 Å². The van der Waals surface area contributed by atoms with Crippen LogP contribution in [0.3, 0.4) is 0 Å². The summed E-state index contributed by atoms with van der Waals surface area (Å²) in [5.74, 6) is 8.11. The molecule has 0 fully saturated rings. The van der Waals surface area contributed by atoms with Crippen molar-refractivity contribution in [3.63, 3.8) is 0 Å². The molecular weight excluding hydrogens is 268 g/mol. The van der Waals surface area contributed by atoms with E-state index in [-0.39, 0.29) is 5.92 Å². The molecule has 0 saturated carbocycles. The molecule has 0 saturated heterocycles. The summed E-state index contributed by atoms with van der Waals surface area (Å²) in [4.78, 5) is 8.61. The van der Waals surface area contributed by atoms with Crippen LogP contribution in [0.2, 0.25) is 0 Å². The zero-order valence-electron chi connectivity index (χ0n) is 12.2. The summed E-state index contributed by atoms with van der Waals surface area (Å²) in [6.45, 7) is 4.86. The third kappa shape index (κ3) is 4.61. The topological polar surface area (TPSA) is 82.3 Å². The van der Waals surface area contributed by atoms with Gasteiger partial charge in [-0.2, -0.15) is 4.98 Å². The Balaban J connectivity index is 1.89. The van der Waals surface area contributed by atoms with Gasteiger partial charge in [-0.05, 0) is 12.1 Å². The fourth-order valence-electron chi connectivity index (χ4n) is 1.67. The highest BCUT2D eigenvalue weighted by Gasteiger charge is 2.08. The number of hydrazine groups is 1. The number of ether oxygens (including phenoxy) is 2. The molecule has 0 spiro atoms. The van der Waals surface area contributed by atoms with Crippen molar-refractivity contribution >= 4 is 5.82 Å². The smallest absolute Gasteiger partial charge is 0.218 e. The standard InChI is InChI=1S/C15H20N4O2/c1-11(2)15-17-13(19-16)10-14(18-15)21-9-8-20-12-6-4-3-5-7-12/h3-7,10-11H,8-9,16H2,1-2H3,(H,17,18,19). The van der Waals surface area contributed by atoms with Crippen molar-refractivity contribution in [1.29, 1.82) is 0 Å². The van der Waals surface area contributed by atoms with Crippen LogP contribution in [-0.4, -0.2) is 23.2 Å². The van der Waals surface area contributed by atoms with E-state index in [2.05, 4.69) is 15.4 Å². The monoisotopic (exact) mass is 288 g/mol. The Morgan fingerprint density at radius 2 is 1.81 bits per heavy atom. The molecule has 2 rings (SSSR count). The van der Waals surface area contributed by atoms with Crippen molar-refractivity contribution in [2.24, 2.45) is 5.84 Å². The van der Waals surface area contributed by atoms with Gasteiger partial charge in [-0.3, -0.25) is 0 Å². The van der Waals surface area contributed by atoms with Gasteiger partial charge in [0.1, 0.15) is 30.6 Å². The van der Waals surface area contributed by atoms with Gasteiger partial charge in [0.2, 0.25) is 5.88 Å². The maximum Gasteiger partial charge on any atom is 0.218 e. The predicted molar refractivity (Wildman–Crippen MR) is 81.4 cm³/mol. The van der Waals surface area contributed by atoms with Gasteiger partial charge in [0.15, 0.2) is 0 Å². The first kappa shape index (κ1) is 15.1. The van der Waals surface area contributed by atoms with Gasteiger partial charge >= 0.3 is 0 Å². The molecule has 0 amide bonds. The lowest BCUT2D eigenvalue weighted by molar-refractivity contribution is 0.211. The van der Waals surface area contributed by atoms with Crippen LogP contribution in [0.1, 0.15) is 25.6 Å². The van der Waals surface area contributed by atoms with Crippen LogP contribution in [-0.2, 0) is 0 Å². The van der Waals surface area contributed by atoms with E-state index in [4.69, 9.17) is 15.3 Å². The summed E-state index contributed by atoms with van der Waals surface area (Å²) >= 11 is 0. The van der Waals surface area contributed by atoms with Gasteiger partial charge in [0.25, 0.3) is 0 Å². The van der Waals surface area contributed by atoms with Gasteiger partial charge in [0.05, 0.1) is 0 Å². The molecule has 112 valence electrons. The van der Waals surface area contributed by atoms with E-state index in [9.17, 15) is 0 Å². The number of rotatable bonds is 7. The Bertz CT molecular complexity index is 561. The SMILES string of the molecule is CC(C)c1nc(NN)cc(OCCOc2ccccc2)n1. The maximum atomic E-state index is 5.59. The number of nitrogens with one attached hydrogen (secondary N) is 1. The lowest BCUT2D eigenvalue weighted by Crippen LogP contribution is -2.14. The number of nitrogens with zero attached hydrogens (tertiary/aromatic N) is 2. The fraction of sp³-hybridized carbons (Fsp3) is 0.333. The zero-order chi connectivity index (χ0) is 15.1. The fourth-order valence-corrected chi connectivity index (χ4v) is 1.67. The number of nitrogens with two attached hydrogens (primary N) is 1.